The summed E-state index contributed by atoms with van der Waals surface area (Å²) in [6.45, 7) is 4.51. The van der Waals surface area contributed by atoms with Gasteiger partial charge in [0.15, 0.2) is 5.78 Å². The van der Waals surface area contributed by atoms with Crippen molar-refractivity contribution < 1.29 is 22.7 Å². The average Bonchev–Trinajstić information content (AvgIpc) is 2.46. The zero-order chi connectivity index (χ0) is 15.5. The maximum Gasteiger partial charge on any atom is 0.416 e. The second-order valence-electron chi connectivity index (χ2n) is 5.10. The molecule has 1 aliphatic rings. The van der Waals surface area contributed by atoms with Gasteiger partial charge in [-0.05, 0) is 25.1 Å². The number of hydrogen-bond acceptors (Lipinski definition) is 3. The summed E-state index contributed by atoms with van der Waals surface area (Å²) in [5.41, 5.74) is -0.761. The molecule has 0 aromatic heterocycles. The molecule has 0 aliphatic carbocycles. The van der Waals surface area contributed by atoms with Gasteiger partial charge in [-0.25, -0.2) is 0 Å². The first-order valence-corrected chi connectivity index (χ1v) is 6.97. The van der Waals surface area contributed by atoms with Crippen molar-refractivity contribution in [2.24, 2.45) is 0 Å². The lowest BCUT2D eigenvalue weighted by Gasteiger charge is -2.31. The lowest BCUT2D eigenvalue weighted by atomic mass is 10.0. The third-order valence-corrected chi connectivity index (χ3v) is 3.46. The van der Waals surface area contributed by atoms with E-state index in [-0.39, 0.29) is 11.3 Å². The summed E-state index contributed by atoms with van der Waals surface area (Å²) in [6, 6.07) is 4.51. The molecule has 3 nitrogen and oxygen atoms in total. The molecule has 1 atom stereocenters. The van der Waals surface area contributed by atoms with E-state index in [9.17, 15) is 18.0 Å². The Bertz CT molecular complexity index is 500. The molecule has 0 spiro atoms. The number of alkyl halides is 3. The Labute approximate surface area is 121 Å². The normalized spacial score (nSPS) is 20.5. The van der Waals surface area contributed by atoms with Crippen molar-refractivity contribution in [3.63, 3.8) is 0 Å². The zero-order valence-corrected chi connectivity index (χ0v) is 11.8. The molecule has 1 fully saturated rings. The Morgan fingerprint density at radius 1 is 1.43 bits per heavy atom. The molecule has 0 bridgehead atoms. The van der Waals surface area contributed by atoms with E-state index in [4.69, 9.17) is 4.74 Å². The SMILES string of the molecule is CCCN1CCOC(C(=O)c2cccc(C(F)(F)F)c2)C1. The zero-order valence-electron chi connectivity index (χ0n) is 11.8. The van der Waals surface area contributed by atoms with Crippen molar-refractivity contribution in [2.75, 3.05) is 26.2 Å². The third-order valence-electron chi connectivity index (χ3n) is 3.46. The first-order valence-electron chi connectivity index (χ1n) is 6.97. The standard InChI is InChI=1S/C15H18F3NO2/c1-2-6-19-7-8-21-13(10-19)14(20)11-4-3-5-12(9-11)15(16,17)18/h3-5,9,13H,2,6-8,10H2,1H3. The van der Waals surface area contributed by atoms with Crippen molar-refractivity contribution >= 4 is 5.78 Å². The van der Waals surface area contributed by atoms with Crippen LogP contribution in [0, 0.1) is 0 Å². The third kappa shape index (κ3) is 4.04. The lowest BCUT2D eigenvalue weighted by molar-refractivity contribution is -0.137. The minimum absolute atomic E-state index is 0.0492. The number of halogens is 3. The molecule has 116 valence electrons. The van der Waals surface area contributed by atoms with Crippen molar-refractivity contribution in [3.8, 4) is 0 Å². The first-order chi connectivity index (χ1) is 9.91. The molecule has 1 aromatic rings. The van der Waals surface area contributed by atoms with E-state index >= 15 is 0 Å². The molecule has 0 amide bonds. The van der Waals surface area contributed by atoms with Crippen LogP contribution in [0.5, 0.6) is 0 Å². The number of ketones is 1. The second kappa shape index (κ2) is 6.58. The molecule has 0 radical (unpaired) electrons. The van der Waals surface area contributed by atoms with Gasteiger partial charge in [0.25, 0.3) is 0 Å². The van der Waals surface area contributed by atoms with Crippen LogP contribution in [0.2, 0.25) is 0 Å². The number of nitrogens with zero attached hydrogens (tertiary/aromatic N) is 1. The molecule has 21 heavy (non-hydrogen) atoms. The highest BCUT2D eigenvalue weighted by Crippen LogP contribution is 2.30. The van der Waals surface area contributed by atoms with Crippen molar-refractivity contribution in [1.29, 1.82) is 0 Å². The van der Waals surface area contributed by atoms with Crippen LogP contribution in [-0.2, 0) is 10.9 Å². The van der Waals surface area contributed by atoms with E-state index < -0.39 is 17.8 Å². The van der Waals surface area contributed by atoms with Gasteiger partial charge in [-0.1, -0.05) is 19.1 Å². The van der Waals surface area contributed by atoms with Crippen LogP contribution in [0.3, 0.4) is 0 Å². The molecule has 1 heterocycles. The maximum atomic E-state index is 12.7. The van der Waals surface area contributed by atoms with Gasteiger partial charge in [0, 0.05) is 18.7 Å². The van der Waals surface area contributed by atoms with Gasteiger partial charge in [0.1, 0.15) is 6.10 Å². The van der Waals surface area contributed by atoms with Crippen LogP contribution in [0.4, 0.5) is 13.2 Å². The Balaban J connectivity index is 2.12. The number of carbonyl (C=O) groups is 1. The summed E-state index contributed by atoms with van der Waals surface area (Å²) in [6.07, 6.45) is -4.17. The maximum absolute atomic E-state index is 12.7. The summed E-state index contributed by atoms with van der Waals surface area (Å²) in [5.74, 6) is -0.387. The number of hydrogen-bond donors (Lipinski definition) is 0. The lowest BCUT2D eigenvalue weighted by Crippen LogP contribution is -2.46. The predicted molar refractivity (Wildman–Crippen MR) is 72.2 cm³/mol. The fourth-order valence-electron chi connectivity index (χ4n) is 2.42. The number of rotatable bonds is 4. The van der Waals surface area contributed by atoms with Crippen LogP contribution >= 0.6 is 0 Å². The largest absolute Gasteiger partial charge is 0.416 e. The number of carbonyl (C=O) groups excluding carboxylic acids is 1. The molecule has 6 heteroatoms. The number of benzene rings is 1. The van der Waals surface area contributed by atoms with E-state index in [1.54, 1.807) is 0 Å². The second-order valence-corrected chi connectivity index (χ2v) is 5.10. The minimum atomic E-state index is -4.45. The smallest absolute Gasteiger partial charge is 0.367 e. The van der Waals surface area contributed by atoms with Crippen LogP contribution in [-0.4, -0.2) is 43.0 Å². The van der Waals surface area contributed by atoms with E-state index in [0.717, 1.165) is 31.6 Å². The summed E-state index contributed by atoms with van der Waals surface area (Å²) in [4.78, 5) is 14.4. The first kappa shape index (κ1) is 16.0. The van der Waals surface area contributed by atoms with Crippen LogP contribution in [0.25, 0.3) is 0 Å². The van der Waals surface area contributed by atoms with Crippen LogP contribution in [0.15, 0.2) is 24.3 Å². The van der Waals surface area contributed by atoms with Gasteiger partial charge < -0.3 is 4.74 Å². The van der Waals surface area contributed by atoms with Gasteiger partial charge in [-0.2, -0.15) is 13.2 Å². The highest BCUT2D eigenvalue weighted by atomic mass is 19.4. The Morgan fingerprint density at radius 3 is 2.86 bits per heavy atom. The minimum Gasteiger partial charge on any atom is -0.367 e. The topological polar surface area (TPSA) is 29.5 Å². The van der Waals surface area contributed by atoms with Gasteiger partial charge >= 0.3 is 6.18 Å². The Morgan fingerprint density at radius 2 is 2.19 bits per heavy atom. The number of ether oxygens (including phenoxy) is 1. The highest BCUT2D eigenvalue weighted by Gasteiger charge is 2.32. The van der Waals surface area contributed by atoms with Crippen molar-refractivity contribution in [1.82, 2.24) is 4.90 Å². The molecule has 1 aliphatic heterocycles. The highest BCUT2D eigenvalue weighted by molar-refractivity contribution is 5.99. The molecular weight excluding hydrogens is 283 g/mol. The fraction of sp³-hybridized carbons (Fsp3) is 0.533. The molecule has 1 unspecified atom stereocenters. The average molecular weight is 301 g/mol. The summed E-state index contributed by atoms with van der Waals surface area (Å²) in [5, 5.41) is 0. The molecule has 0 saturated carbocycles. The van der Waals surface area contributed by atoms with E-state index in [1.165, 1.54) is 12.1 Å². The summed E-state index contributed by atoms with van der Waals surface area (Å²) in [7, 11) is 0. The van der Waals surface area contributed by atoms with Crippen molar-refractivity contribution in [2.45, 2.75) is 25.6 Å². The van der Waals surface area contributed by atoms with Crippen LogP contribution < -0.4 is 0 Å². The summed E-state index contributed by atoms with van der Waals surface area (Å²) < 4.78 is 43.5. The Kier molecular flexibility index (Phi) is 5.00. The summed E-state index contributed by atoms with van der Waals surface area (Å²) >= 11 is 0. The molecule has 1 aromatic carbocycles. The monoisotopic (exact) mass is 301 g/mol. The quantitative estimate of drug-likeness (QED) is 0.801. The molecule has 1 saturated heterocycles. The van der Waals surface area contributed by atoms with Crippen molar-refractivity contribution in [3.05, 3.63) is 35.4 Å². The van der Waals surface area contributed by atoms with Gasteiger partial charge in [0.05, 0.1) is 12.2 Å². The van der Waals surface area contributed by atoms with Gasteiger partial charge in [-0.15, -0.1) is 0 Å². The predicted octanol–water partition coefficient (Wildman–Crippen LogP) is 3.00. The Hall–Kier alpha value is -1.40. The van der Waals surface area contributed by atoms with E-state index in [2.05, 4.69) is 4.90 Å². The molecule has 0 N–H and O–H groups in total. The van der Waals surface area contributed by atoms with Crippen LogP contribution in [0.1, 0.15) is 29.3 Å². The molecule has 2 rings (SSSR count). The van der Waals surface area contributed by atoms with Gasteiger partial charge in [-0.3, -0.25) is 9.69 Å². The van der Waals surface area contributed by atoms with E-state index in [1.807, 2.05) is 6.92 Å². The fourth-order valence-corrected chi connectivity index (χ4v) is 2.42. The number of morpholine rings is 1. The molecular formula is C15H18F3NO2. The van der Waals surface area contributed by atoms with E-state index in [0.29, 0.717) is 13.2 Å². The van der Waals surface area contributed by atoms with Gasteiger partial charge in [0.2, 0.25) is 0 Å². The number of Topliss-reactive ketones (excluding diaryl/α,β-unsaturated/α-hetero) is 1.